The van der Waals surface area contributed by atoms with E-state index >= 15 is 0 Å². The van der Waals surface area contributed by atoms with Gasteiger partial charge < -0.3 is 9.15 Å². The van der Waals surface area contributed by atoms with Crippen molar-refractivity contribution in [2.75, 3.05) is 0 Å². The van der Waals surface area contributed by atoms with E-state index in [4.69, 9.17) is 20.8 Å². The monoisotopic (exact) mass is 426 g/mol. The highest BCUT2D eigenvalue weighted by molar-refractivity contribution is 6.30. The summed E-state index contributed by atoms with van der Waals surface area (Å²) in [6.07, 6.45) is 0. The largest absolute Gasteiger partial charge is 0.481 e. The molecule has 0 aliphatic heterocycles. The van der Waals surface area contributed by atoms with Crippen LogP contribution in [0.4, 0.5) is 0 Å². The van der Waals surface area contributed by atoms with E-state index in [1.165, 1.54) is 0 Å². The van der Waals surface area contributed by atoms with Gasteiger partial charge in [0, 0.05) is 10.6 Å². The van der Waals surface area contributed by atoms with Crippen molar-refractivity contribution in [1.29, 1.82) is 0 Å². The van der Waals surface area contributed by atoms with E-state index in [1.54, 1.807) is 18.2 Å². The third-order valence-electron chi connectivity index (χ3n) is 5.36. The number of halogens is 1. The number of fused-ring (bicyclic) bond motifs is 2. The van der Waals surface area contributed by atoms with E-state index in [1.807, 2.05) is 55.5 Å². The smallest absolute Gasteiger partial charge is 0.235 e. The van der Waals surface area contributed by atoms with Crippen molar-refractivity contribution in [3.63, 3.8) is 0 Å². The molecular formula is C27H19ClO3. The van der Waals surface area contributed by atoms with Crippen LogP contribution in [0.5, 0.6) is 5.75 Å². The van der Waals surface area contributed by atoms with Crippen molar-refractivity contribution in [2.45, 2.75) is 13.5 Å². The molecule has 5 aromatic rings. The van der Waals surface area contributed by atoms with Crippen LogP contribution in [0.3, 0.4) is 0 Å². The molecule has 0 atom stereocenters. The van der Waals surface area contributed by atoms with Gasteiger partial charge in [-0.1, -0.05) is 60.1 Å². The SMILES string of the molecule is Cc1ccc2c(=O)c(OCc3cccc4ccccc34)c(-c3ccc(Cl)cc3)oc2c1. The van der Waals surface area contributed by atoms with Crippen molar-refractivity contribution >= 4 is 33.3 Å². The zero-order valence-corrected chi connectivity index (χ0v) is 17.6. The van der Waals surface area contributed by atoms with E-state index in [0.717, 1.165) is 27.5 Å². The second-order valence-corrected chi connectivity index (χ2v) is 7.96. The normalized spacial score (nSPS) is 11.2. The Hall–Kier alpha value is -3.56. The predicted octanol–water partition coefficient (Wildman–Crippen LogP) is 7.15. The fourth-order valence-electron chi connectivity index (χ4n) is 3.77. The van der Waals surface area contributed by atoms with Gasteiger partial charge in [0.1, 0.15) is 12.2 Å². The molecule has 1 heterocycles. The van der Waals surface area contributed by atoms with Gasteiger partial charge in [0.25, 0.3) is 0 Å². The molecule has 152 valence electrons. The molecule has 3 nitrogen and oxygen atoms in total. The molecule has 4 heteroatoms. The number of benzene rings is 4. The van der Waals surface area contributed by atoms with Gasteiger partial charge >= 0.3 is 0 Å². The Balaban J connectivity index is 1.65. The second-order valence-electron chi connectivity index (χ2n) is 7.52. The number of rotatable bonds is 4. The molecule has 31 heavy (non-hydrogen) atoms. The van der Waals surface area contributed by atoms with Crippen molar-refractivity contribution in [3.8, 4) is 17.1 Å². The molecule has 0 bridgehead atoms. The fourth-order valence-corrected chi connectivity index (χ4v) is 3.90. The maximum absolute atomic E-state index is 13.4. The lowest BCUT2D eigenvalue weighted by atomic mass is 10.1. The molecule has 4 aromatic carbocycles. The Morgan fingerprint density at radius 3 is 2.48 bits per heavy atom. The Morgan fingerprint density at radius 2 is 1.65 bits per heavy atom. The first-order chi connectivity index (χ1) is 15.1. The lowest BCUT2D eigenvalue weighted by Crippen LogP contribution is -2.10. The Labute approximate surface area is 184 Å². The van der Waals surface area contributed by atoms with Crippen LogP contribution in [-0.4, -0.2) is 0 Å². The van der Waals surface area contributed by atoms with Gasteiger partial charge in [-0.3, -0.25) is 4.79 Å². The van der Waals surface area contributed by atoms with Crippen LogP contribution >= 0.6 is 11.6 Å². The maximum atomic E-state index is 13.4. The highest BCUT2D eigenvalue weighted by Gasteiger charge is 2.18. The average Bonchev–Trinajstić information content (AvgIpc) is 2.79. The molecule has 0 amide bonds. The number of hydrogen-bond acceptors (Lipinski definition) is 3. The van der Waals surface area contributed by atoms with Crippen LogP contribution in [0.1, 0.15) is 11.1 Å². The fraction of sp³-hybridized carbons (Fsp3) is 0.0741. The standard InChI is InChI=1S/C27H19ClO3/c1-17-9-14-23-24(15-17)31-26(19-10-12-21(28)13-11-19)27(25(23)29)30-16-20-7-4-6-18-5-2-3-8-22(18)20/h2-15H,16H2,1H3. The van der Waals surface area contributed by atoms with Gasteiger partial charge in [-0.15, -0.1) is 0 Å². The molecule has 1 aromatic heterocycles. The van der Waals surface area contributed by atoms with E-state index in [2.05, 4.69) is 18.2 Å². The van der Waals surface area contributed by atoms with E-state index < -0.39 is 0 Å². The lowest BCUT2D eigenvalue weighted by Gasteiger charge is -2.13. The third-order valence-corrected chi connectivity index (χ3v) is 5.62. The maximum Gasteiger partial charge on any atom is 0.235 e. The average molecular weight is 427 g/mol. The van der Waals surface area contributed by atoms with Crippen molar-refractivity contribution in [3.05, 3.63) is 111 Å². The summed E-state index contributed by atoms with van der Waals surface area (Å²) in [5.74, 6) is 0.603. The zero-order chi connectivity index (χ0) is 21.4. The summed E-state index contributed by atoms with van der Waals surface area (Å²) in [6.45, 7) is 2.22. The Morgan fingerprint density at radius 1 is 0.871 bits per heavy atom. The molecule has 0 unspecified atom stereocenters. The molecule has 5 rings (SSSR count). The van der Waals surface area contributed by atoms with Gasteiger partial charge in [-0.05, 0) is 65.2 Å². The second kappa shape index (κ2) is 7.93. The lowest BCUT2D eigenvalue weighted by molar-refractivity contribution is 0.299. The van der Waals surface area contributed by atoms with Crippen LogP contribution in [0, 0.1) is 6.92 Å². The number of hydrogen-bond donors (Lipinski definition) is 0. The summed E-state index contributed by atoms with van der Waals surface area (Å²) in [5, 5.41) is 3.33. The van der Waals surface area contributed by atoms with Crippen LogP contribution < -0.4 is 10.2 Å². The topological polar surface area (TPSA) is 39.4 Å². The minimum atomic E-state index is -0.188. The molecule has 0 aliphatic carbocycles. The van der Waals surface area contributed by atoms with Gasteiger partial charge in [-0.25, -0.2) is 0 Å². The van der Waals surface area contributed by atoms with Crippen LogP contribution in [0.2, 0.25) is 5.02 Å². The highest BCUT2D eigenvalue weighted by atomic mass is 35.5. The third kappa shape index (κ3) is 3.69. The van der Waals surface area contributed by atoms with Crippen LogP contribution in [0.25, 0.3) is 33.1 Å². The quantitative estimate of drug-likeness (QED) is 0.306. The molecule has 0 fully saturated rings. The number of ether oxygens (including phenoxy) is 1. The van der Waals surface area contributed by atoms with Crippen molar-refractivity contribution < 1.29 is 9.15 Å². The van der Waals surface area contributed by atoms with Gasteiger partial charge in [0.2, 0.25) is 11.2 Å². The molecule has 0 saturated carbocycles. The minimum Gasteiger partial charge on any atom is -0.481 e. The van der Waals surface area contributed by atoms with Crippen molar-refractivity contribution in [2.24, 2.45) is 0 Å². The van der Waals surface area contributed by atoms with Crippen LogP contribution in [-0.2, 0) is 6.61 Å². The van der Waals surface area contributed by atoms with E-state index in [-0.39, 0.29) is 17.8 Å². The summed E-state index contributed by atoms with van der Waals surface area (Å²) in [7, 11) is 0. The summed E-state index contributed by atoms with van der Waals surface area (Å²) in [6, 6.07) is 26.9. The first-order valence-corrected chi connectivity index (χ1v) is 10.4. The van der Waals surface area contributed by atoms with Crippen molar-refractivity contribution in [1.82, 2.24) is 0 Å². The first-order valence-electron chi connectivity index (χ1n) is 10.0. The van der Waals surface area contributed by atoms with Crippen LogP contribution in [0.15, 0.2) is 94.1 Å². The molecular weight excluding hydrogens is 408 g/mol. The summed E-state index contributed by atoms with van der Waals surface area (Å²) < 4.78 is 12.3. The molecule has 0 spiro atoms. The summed E-state index contributed by atoms with van der Waals surface area (Å²) in [4.78, 5) is 13.4. The molecule has 0 saturated heterocycles. The molecule has 0 radical (unpaired) electrons. The molecule has 0 N–H and O–H groups in total. The van der Waals surface area contributed by atoms with E-state index in [0.29, 0.717) is 21.8 Å². The summed E-state index contributed by atoms with van der Waals surface area (Å²) in [5.41, 5.74) is 3.10. The Bertz CT molecular complexity index is 1460. The highest BCUT2D eigenvalue weighted by Crippen LogP contribution is 2.33. The zero-order valence-electron chi connectivity index (χ0n) is 16.9. The van der Waals surface area contributed by atoms with Gasteiger partial charge in [-0.2, -0.15) is 0 Å². The summed E-state index contributed by atoms with van der Waals surface area (Å²) >= 11 is 6.06. The Kier molecular flexibility index (Phi) is 4.97. The number of aryl methyl sites for hydroxylation is 1. The minimum absolute atomic E-state index is 0.188. The predicted molar refractivity (Wildman–Crippen MR) is 126 cm³/mol. The van der Waals surface area contributed by atoms with Gasteiger partial charge in [0.05, 0.1) is 5.39 Å². The first kappa shape index (κ1) is 19.4. The van der Waals surface area contributed by atoms with Gasteiger partial charge in [0.15, 0.2) is 5.76 Å². The van der Waals surface area contributed by atoms with E-state index in [9.17, 15) is 4.79 Å². The molecule has 0 aliphatic rings.